The molecule has 2 aliphatic heterocycles. The third kappa shape index (κ3) is 4.11. The average Bonchev–Trinajstić information content (AvgIpc) is 2.40. The lowest BCUT2D eigenvalue weighted by molar-refractivity contribution is -0.138. The summed E-state index contributed by atoms with van der Waals surface area (Å²) >= 11 is 0. The molecule has 0 aromatic rings. The van der Waals surface area contributed by atoms with Crippen LogP contribution in [0.2, 0.25) is 0 Å². The first-order chi connectivity index (χ1) is 8.31. The molecule has 2 heterocycles. The second-order valence-corrected chi connectivity index (χ2v) is 5.01. The highest BCUT2D eigenvalue weighted by molar-refractivity contribution is 5.85. The van der Waals surface area contributed by atoms with Crippen molar-refractivity contribution in [1.82, 2.24) is 10.2 Å². The molecule has 5 heteroatoms. The molecule has 4 nitrogen and oxygen atoms in total. The Morgan fingerprint density at radius 2 is 2.17 bits per heavy atom. The molecule has 1 unspecified atom stereocenters. The number of nitrogens with zero attached hydrogens (tertiary/aromatic N) is 1. The topological polar surface area (TPSA) is 41.6 Å². The number of carbonyl (C=O) groups is 1. The van der Waals surface area contributed by atoms with Crippen LogP contribution in [0.15, 0.2) is 0 Å². The number of rotatable bonds is 3. The van der Waals surface area contributed by atoms with Crippen molar-refractivity contribution in [2.45, 2.75) is 51.2 Å². The van der Waals surface area contributed by atoms with Crippen LogP contribution in [0.1, 0.15) is 39.0 Å². The van der Waals surface area contributed by atoms with Crippen LogP contribution in [-0.4, -0.2) is 49.2 Å². The number of amides is 1. The minimum absolute atomic E-state index is 0. The summed E-state index contributed by atoms with van der Waals surface area (Å²) in [5, 5.41) is 3.33. The molecule has 106 valence electrons. The van der Waals surface area contributed by atoms with Crippen molar-refractivity contribution < 1.29 is 9.53 Å². The van der Waals surface area contributed by atoms with Crippen LogP contribution in [-0.2, 0) is 9.53 Å². The SMILES string of the molecule is CCOC1CCCN(C(=O)[C@@H]2CCCCN2)C1.Cl. The Morgan fingerprint density at radius 3 is 2.83 bits per heavy atom. The van der Waals surface area contributed by atoms with Crippen molar-refractivity contribution in [2.75, 3.05) is 26.2 Å². The fraction of sp³-hybridized carbons (Fsp3) is 0.923. The van der Waals surface area contributed by atoms with E-state index in [2.05, 4.69) is 5.32 Å². The predicted octanol–water partition coefficient (Wildman–Crippen LogP) is 1.58. The van der Waals surface area contributed by atoms with Crippen LogP contribution >= 0.6 is 12.4 Å². The number of likely N-dealkylation sites (tertiary alicyclic amines) is 1. The molecular formula is C13H25ClN2O2. The van der Waals surface area contributed by atoms with Gasteiger partial charge in [-0.05, 0) is 39.2 Å². The lowest BCUT2D eigenvalue weighted by atomic mass is 10.0. The summed E-state index contributed by atoms with van der Waals surface area (Å²) in [6.45, 7) is 5.43. The quantitative estimate of drug-likeness (QED) is 0.851. The summed E-state index contributed by atoms with van der Waals surface area (Å²) in [6.07, 6.45) is 5.78. The van der Waals surface area contributed by atoms with Crippen molar-refractivity contribution in [3.05, 3.63) is 0 Å². The van der Waals surface area contributed by atoms with Crippen LogP contribution in [0.5, 0.6) is 0 Å². The standard InChI is InChI=1S/C13H24N2O2.ClH/c1-2-17-11-6-5-9-15(10-11)13(16)12-7-3-4-8-14-12;/h11-12,14H,2-10H2,1H3;1H/t11?,12-;/m0./s1. The lowest BCUT2D eigenvalue weighted by Gasteiger charge is -2.35. The number of carbonyl (C=O) groups excluding carboxylic acids is 1. The Labute approximate surface area is 116 Å². The van der Waals surface area contributed by atoms with E-state index in [1.165, 1.54) is 12.8 Å². The molecule has 0 aliphatic carbocycles. The van der Waals surface area contributed by atoms with E-state index in [0.29, 0.717) is 0 Å². The van der Waals surface area contributed by atoms with Gasteiger partial charge in [-0.1, -0.05) is 6.42 Å². The van der Waals surface area contributed by atoms with Gasteiger partial charge in [-0.15, -0.1) is 12.4 Å². The minimum Gasteiger partial charge on any atom is -0.377 e. The van der Waals surface area contributed by atoms with Gasteiger partial charge in [0.05, 0.1) is 12.1 Å². The Bertz CT molecular complexity index is 255. The van der Waals surface area contributed by atoms with Crippen LogP contribution in [0, 0.1) is 0 Å². The Morgan fingerprint density at radius 1 is 1.33 bits per heavy atom. The Balaban J connectivity index is 0.00000162. The van der Waals surface area contributed by atoms with Crippen LogP contribution < -0.4 is 5.32 Å². The normalized spacial score (nSPS) is 28.6. The third-order valence-electron chi connectivity index (χ3n) is 3.70. The van der Waals surface area contributed by atoms with Gasteiger partial charge in [-0.3, -0.25) is 4.79 Å². The van der Waals surface area contributed by atoms with E-state index in [4.69, 9.17) is 4.74 Å². The monoisotopic (exact) mass is 276 g/mol. The van der Waals surface area contributed by atoms with Crippen molar-refractivity contribution in [2.24, 2.45) is 0 Å². The van der Waals surface area contributed by atoms with Crippen LogP contribution in [0.25, 0.3) is 0 Å². The number of hydrogen-bond acceptors (Lipinski definition) is 3. The molecule has 2 saturated heterocycles. The van der Waals surface area contributed by atoms with Gasteiger partial charge in [0.15, 0.2) is 0 Å². The molecule has 0 spiro atoms. The zero-order valence-corrected chi connectivity index (χ0v) is 12.0. The molecular weight excluding hydrogens is 252 g/mol. The van der Waals surface area contributed by atoms with Gasteiger partial charge >= 0.3 is 0 Å². The molecule has 2 fully saturated rings. The van der Waals surface area contributed by atoms with Crippen molar-refractivity contribution >= 4 is 18.3 Å². The van der Waals surface area contributed by atoms with Crippen molar-refractivity contribution in [3.63, 3.8) is 0 Å². The number of piperidine rings is 2. The van der Waals surface area contributed by atoms with Gasteiger partial charge in [0.1, 0.15) is 0 Å². The summed E-state index contributed by atoms with van der Waals surface area (Å²) in [7, 11) is 0. The van der Waals surface area contributed by atoms with E-state index >= 15 is 0 Å². The van der Waals surface area contributed by atoms with Gasteiger partial charge in [-0.2, -0.15) is 0 Å². The minimum atomic E-state index is 0. The summed E-state index contributed by atoms with van der Waals surface area (Å²) in [6, 6.07) is 0.0594. The van der Waals surface area contributed by atoms with Crippen LogP contribution in [0.3, 0.4) is 0 Å². The van der Waals surface area contributed by atoms with Crippen LogP contribution in [0.4, 0.5) is 0 Å². The number of hydrogen-bond donors (Lipinski definition) is 1. The second-order valence-electron chi connectivity index (χ2n) is 5.01. The van der Waals surface area contributed by atoms with Gasteiger partial charge in [-0.25, -0.2) is 0 Å². The summed E-state index contributed by atoms with van der Waals surface area (Å²) in [5.41, 5.74) is 0. The average molecular weight is 277 g/mol. The fourth-order valence-corrected chi connectivity index (χ4v) is 2.79. The zero-order chi connectivity index (χ0) is 12.1. The highest BCUT2D eigenvalue weighted by atomic mass is 35.5. The molecule has 0 saturated carbocycles. The van der Waals surface area contributed by atoms with Crippen molar-refractivity contribution in [1.29, 1.82) is 0 Å². The second kappa shape index (κ2) is 7.97. The summed E-state index contributed by atoms with van der Waals surface area (Å²) in [5.74, 6) is 0.286. The fourth-order valence-electron chi connectivity index (χ4n) is 2.79. The molecule has 1 amide bonds. The first kappa shape index (κ1) is 15.7. The molecule has 2 rings (SSSR count). The Kier molecular flexibility index (Phi) is 6.97. The lowest BCUT2D eigenvalue weighted by Crippen LogP contribution is -2.52. The summed E-state index contributed by atoms with van der Waals surface area (Å²) < 4.78 is 5.64. The molecule has 2 aliphatic rings. The largest absolute Gasteiger partial charge is 0.377 e. The molecule has 1 N–H and O–H groups in total. The van der Waals surface area contributed by atoms with Gasteiger partial charge in [0, 0.05) is 19.7 Å². The number of ether oxygens (including phenoxy) is 1. The van der Waals surface area contributed by atoms with Gasteiger partial charge < -0.3 is 15.0 Å². The molecule has 0 bridgehead atoms. The molecule has 18 heavy (non-hydrogen) atoms. The van der Waals surface area contributed by atoms with E-state index in [1.54, 1.807) is 0 Å². The third-order valence-corrected chi connectivity index (χ3v) is 3.70. The first-order valence-electron chi connectivity index (χ1n) is 6.95. The van der Waals surface area contributed by atoms with Crippen molar-refractivity contribution in [3.8, 4) is 0 Å². The smallest absolute Gasteiger partial charge is 0.239 e. The van der Waals surface area contributed by atoms with Gasteiger partial charge in [0.2, 0.25) is 5.91 Å². The first-order valence-corrected chi connectivity index (χ1v) is 6.95. The van der Waals surface area contributed by atoms with E-state index in [0.717, 1.165) is 45.5 Å². The molecule has 0 aromatic heterocycles. The van der Waals surface area contributed by atoms with E-state index < -0.39 is 0 Å². The maximum atomic E-state index is 12.3. The van der Waals surface area contributed by atoms with E-state index in [1.807, 2.05) is 11.8 Å². The predicted molar refractivity (Wildman–Crippen MR) is 74.1 cm³/mol. The van der Waals surface area contributed by atoms with E-state index in [9.17, 15) is 4.79 Å². The highest BCUT2D eigenvalue weighted by Gasteiger charge is 2.29. The summed E-state index contributed by atoms with van der Waals surface area (Å²) in [4.78, 5) is 14.3. The molecule has 0 radical (unpaired) electrons. The maximum absolute atomic E-state index is 12.3. The molecule has 2 atom stereocenters. The van der Waals surface area contributed by atoms with E-state index in [-0.39, 0.29) is 30.5 Å². The number of nitrogens with one attached hydrogen (secondary N) is 1. The Hall–Kier alpha value is -0.320. The molecule has 0 aromatic carbocycles. The zero-order valence-electron chi connectivity index (χ0n) is 11.2. The highest BCUT2D eigenvalue weighted by Crippen LogP contribution is 2.16. The maximum Gasteiger partial charge on any atom is 0.239 e. The number of halogens is 1. The van der Waals surface area contributed by atoms with Gasteiger partial charge in [0.25, 0.3) is 0 Å².